The molecule has 2 rings (SSSR count). The lowest BCUT2D eigenvalue weighted by atomic mass is 10.2. The molecule has 1 aromatic rings. The van der Waals surface area contributed by atoms with Crippen molar-refractivity contribution in [3.05, 3.63) is 10.6 Å². The van der Waals surface area contributed by atoms with Crippen molar-refractivity contribution in [2.24, 2.45) is 0 Å². The van der Waals surface area contributed by atoms with Crippen LogP contribution >= 0.6 is 11.5 Å². The van der Waals surface area contributed by atoms with E-state index in [1.807, 2.05) is 6.92 Å². The van der Waals surface area contributed by atoms with Crippen LogP contribution in [0.5, 0.6) is 0 Å². The van der Waals surface area contributed by atoms with E-state index in [9.17, 15) is 9.59 Å². The molecule has 1 fully saturated rings. The summed E-state index contributed by atoms with van der Waals surface area (Å²) in [5, 5.41) is 6.74. The number of aryl methyl sites for hydroxylation is 1. The Morgan fingerprint density at radius 2 is 2.41 bits per heavy atom. The van der Waals surface area contributed by atoms with E-state index >= 15 is 0 Å². The van der Waals surface area contributed by atoms with Crippen LogP contribution in [0.15, 0.2) is 0 Å². The summed E-state index contributed by atoms with van der Waals surface area (Å²) < 4.78 is 3.77. The van der Waals surface area contributed by atoms with Crippen LogP contribution < -0.4 is 5.32 Å². The van der Waals surface area contributed by atoms with Gasteiger partial charge in [-0.25, -0.2) is 0 Å². The number of nitrogens with zero attached hydrogens (tertiary/aromatic N) is 3. The Hall–Kier alpha value is -1.50. The van der Waals surface area contributed by atoms with Gasteiger partial charge in [0, 0.05) is 20.0 Å². The van der Waals surface area contributed by atoms with Crippen molar-refractivity contribution in [1.29, 1.82) is 0 Å². The van der Waals surface area contributed by atoms with Gasteiger partial charge in [0.2, 0.25) is 5.91 Å². The normalized spacial score (nSPS) is 19.8. The van der Waals surface area contributed by atoms with E-state index in [0.717, 1.165) is 11.5 Å². The number of nitrogens with one attached hydrogen (secondary N) is 1. The molecule has 2 heterocycles. The molecule has 7 heteroatoms. The van der Waals surface area contributed by atoms with Crippen molar-refractivity contribution in [3.63, 3.8) is 0 Å². The summed E-state index contributed by atoms with van der Waals surface area (Å²) in [6.45, 7) is 2.50. The van der Waals surface area contributed by atoms with Gasteiger partial charge in [0.1, 0.15) is 4.88 Å². The minimum Gasteiger partial charge on any atom is -0.346 e. The SMILES string of the molecule is CCc1nnsc1C(=O)NC1CC(=O)N(C)C1. The van der Waals surface area contributed by atoms with Crippen LogP contribution in [0.25, 0.3) is 0 Å². The lowest BCUT2D eigenvalue weighted by Crippen LogP contribution is -2.36. The van der Waals surface area contributed by atoms with E-state index in [1.165, 1.54) is 0 Å². The van der Waals surface area contributed by atoms with E-state index in [1.54, 1.807) is 11.9 Å². The summed E-state index contributed by atoms with van der Waals surface area (Å²) in [4.78, 5) is 25.4. The first kappa shape index (κ1) is 12.0. The molecule has 0 spiro atoms. The third-order valence-electron chi connectivity index (χ3n) is 2.77. The Kier molecular flexibility index (Phi) is 3.37. The number of rotatable bonds is 3. The molecule has 6 nitrogen and oxygen atoms in total. The van der Waals surface area contributed by atoms with Crippen LogP contribution in [0.4, 0.5) is 0 Å². The summed E-state index contributed by atoms with van der Waals surface area (Å²) in [5.74, 6) is -0.113. The molecule has 0 saturated carbocycles. The number of hydrogen-bond acceptors (Lipinski definition) is 5. The van der Waals surface area contributed by atoms with Gasteiger partial charge in [-0.1, -0.05) is 11.4 Å². The van der Waals surface area contributed by atoms with Gasteiger partial charge < -0.3 is 10.2 Å². The first-order valence-electron chi connectivity index (χ1n) is 5.47. The van der Waals surface area contributed by atoms with Gasteiger partial charge in [0.15, 0.2) is 0 Å². The van der Waals surface area contributed by atoms with Crippen LogP contribution in [0, 0.1) is 0 Å². The second-order valence-corrected chi connectivity index (χ2v) is 4.81. The predicted molar refractivity (Wildman–Crippen MR) is 62.8 cm³/mol. The van der Waals surface area contributed by atoms with Crippen LogP contribution in [-0.2, 0) is 11.2 Å². The average molecular weight is 254 g/mol. The summed E-state index contributed by atoms with van der Waals surface area (Å²) in [5.41, 5.74) is 0.713. The fraction of sp³-hybridized carbons (Fsp3) is 0.600. The number of aromatic nitrogens is 2. The Morgan fingerprint density at radius 3 is 3.00 bits per heavy atom. The summed E-state index contributed by atoms with van der Waals surface area (Å²) in [7, 11) is 1.74. The van der Waals surface area contributed by atoms with Gasteiger partial charge in [-0.3, -0.25) is 9.59 Å². The number of likely N-dealkylation sites (tertiary alicyclic amines) is 1. The highest BCUT2D eigenvalue weighted by Crippen LogP contribution is 2.13. The van der Waals surface area contributed by atoms with Gasteiger partial charge in [-0.05, 0) is 18.0 Å². The van der Waals surface area contributed by atoms with E-state index in [2.05, 4.69) is 14.9 Å². The van der Waals surface area contributed by atoms with Crippen molar-refractivity contribution in [3.8, 4) is 0 Å². The van der Waals surface area contributed by atoms with Crippen molar-refractivity contribution >= 4 is 23.3 Å². The Morgan fingerprint density at radius 1 is 1.65 bits per heavy atom. The lowest BCUT2D eigenvalue weighted by Gasteiger charge is -2.11. The summed E-state index contributed by atoms with van der Waals surface area (Å²) in [6, 6.07) is -0.105. The van der Waals surface area contributed by atoms with Gasteiger partial charge >= 0.3 is 0 Å². The second kappa shape index (κ2) is 4.79. The zero-order chi connectivity index (χ0) is 12.4. The van der Waals surface area contributed by atoms with E-state index < -0.39 is 0 Å². The van der Waals surface area contributed by atoms with Crippen molar-refractivity contribution in [1.82, 2.24) is 19.8 Å². The quantitative estimate of drug-likeness (QED) is 0.827. The molecule has 1 aliphatic rings. The maximum Gasteiger partial charge on any atom is 0.265 e. The highest BCUT2D eigenvalue weighted by atomic mass is 32.1. The van der Waals surface area contributed by atoms with Gasteiger partial charge in [-0.15, -0.1) is 5.10 Å². The maximum absolute atomic E-state index is 11.9. The van der Waals surface area contributed by atoms with Gasteiger partial charge in [-0.2, -0.15) is 0 Å². The topological polar surface area (TPSA) is 75.2 Å². The molecular weight excluding hydrogens is 240 g/mol. The number of hydrogen-bond donors (Lipinski definition) is 1. The van der Waals surface area contributed by atoms with Gasteiger partial charge in [0.05, 0.1) is 11.7 Å². The zero-order valence-corrected chi connectivity index (χ0v) is 10.6. The Balaban J connectivity index is 2.01. The molecule has 0 aromatic carbocycles. The summed E-state index contributed by atoms with van der Waals surface area (Å²) in [6.07, 6.45) is 1.05. The van der Waals surface area contributed by atoms with Crippen LogP contribution in [-0.4, -0.2) is 45.9 Å². The molecule has 0 aliphatic carbocycles. The second-order valence-electron chi connectivity index (χ2n) is 4.05. The van der Waals surface area contributed by atoms with E-state index in [4.69, 9.17) is 0 Å². The molecule has 1 N–H and O–H groups in total. The number of carbonyl (C=O) groups excluding carboxylic acids is 2. The fourth-order valence-corrected chi connectivity index (χ4v) is 2.48. The number of amides is 2. The standard InChI is InChI=1S/C10H14N4O2S/c1-3-7-9(17-13-12-7)10(16)11-6-4-8(15)14(2)5-6/h6H,3-5H2,1-2H3,(H,11,16). The van der Waals surface area contributed by atoms with Crippen LogP contribution in [0.2, 0.25) is 0 Å². The average Bonchev–Trinajstić information content (AvgIpc) is 2.86. The molecule has 1 unspecified atom stereocenters. The minimum absolute atomic E-state index is 0.0634. The maximum atomic E-state index is 11.9. The van der Waals surface area contributed by atoms with E-state index in [0.29, 0.717) is 30.0 Å². The molecule has 17 heavy (non-hydrogen) atoms. The van der Waals surface area contributed by atoms with Gasteiger partial charge in [0.25, 0.3) is 5.91 Å². The monoisotopic (exact) mass is 254 g/mol. The van der Waals surface area contributed by atoms with E-state index in [-0.39, 0.29) is 17.9 Å². The molecule has 92 valence electrons. The molecule has 1 saturated heterocycles. The number of carbonyl (C=O) groups is 2. The number of likely N-dealkylation sites (N-methyl/N-ethyl adjacent to an activating group) is 1. The van der Waals surface area contributed by atoms with Crippen LogP contribution in [0.3, 0.4) is 0 Å². The third kappa shape index (κ3) is 2.44. The Labute approximate surface area is 103 Å². The molecule has 1 aromatic heterocycles. The highest BCUT2D eigenvalue weighted by Gasteiger charge is 2.29. The van der Waals surface area contributed by atoms with Crippen molar-refractivity contribution < 1.29 is 9.59 Å². The summed E-state index contributed by atoms with van der Waals surface area (Å²) >= 11 is 1.10. The van der Waals surface area contributed by atoms with Crippen molar-refractivity contribution in [2.75, 3.05) is 13.6 Å². The molecule has 0 radical (unpaired) electrons. The zero-order valence-electron chi connectivity index (χ0n) is 9.77. The Bertz CT molecular complexity index is 445. The van der Waals surface area contributed by atoms with Crippen molar-refractivity contribution in [2.45, 2.75) is 25.8 Å². The largest absolute Gasteiger partial charge is 0.346 e. The molecular formula is C10H14N4O2S. The van der Waals surface area contributed by atoms with Crippen LogP contribution in [0.1, 0.15) is 28.7 Å². The minimum atomic E-state index is -0.176. The third-order valence-corrected chi connectivity index (χ3v) is 3.54. The molecule has 1 aliphatic heterocycles. The smallest absolute Gasteiger partial charge is 0.265 e. The highest BCUT2D eigenvalue weighted by molar-refractivity contribution is 7.08. The predicted octanol–water partition coefficient (Wildman–Crippen LogP) is 0.0610. The molecule has 1 atom stereocenters. The first-order valence-corrected chi connectivity index (χ1v) is 6.25. The first-order chi connectivity index (χ1) is 8.11. The molecule has 0 bridgehead atoms. The molecule has 2 amide bonds. The fourth-order valence-electron chi connectivity index (χ4n) is 1.82. The lowest BCUT2D eigenvalue weighted by molar-refractivity contribution is -0.126.